The van der Waals surface area contributed by atoms with E-state index in [-0.39, 0.29) is 41.9 Å². The molecule has 1 aliphatic rings. The maximum Gasteiger partial charge on any atom is 0.339 e. The predicted octanol–water partition coefficient (Wildman–Crippen LogP) is 2.61. The summed E-state index contributed by atoms with van der Waals surface area (Å²) in [6, 6.07) is 8.34. The molecule has 2 aromatic rings. The number of nitro benzene ring substituents is 1. The van der Waals surface area contributed by atoms with Crippen molar-refractivity contribution in [3.05, 3.63) is 63.2 Å². The molecular weight excluding hydrogens is 390 g/mol. The lowest BCUT2D eigenvalue weighted by Crippen LogP contribution is -2.16. The standard InChI is InChI=1S/C18H17NO8S/c1-2-28(23,24)16-6-4-3-5-15(16)18(20)26-10-13-8-14(19(21)22)7-12-9-25-11-27-17(12)13/h3-8H,2,9-11H2,1H3. The van der Waals surface area contributed by atoms with Gasteiger partial charge in [0.05, 0.1) is 27.7 Å². The highest BCUT2D eigenvalue weighted by Gasteiger charge is 2.24. The van der Waals surface area contributed by atoms with Gasteiger partial charge in [-0.1, -0.05) is 19.1 Å². The summed E-state index contributed by atoms with van der Waals surface area (Å²) in [7, 11) is -3.62. The molecule has 0 bridgehead atoms. The van der Waals surface area contributed by atoms with Gasteiger partial charge in [0.25, 0.3) is 5.69 Å². The molecule has 1 heterocycles. The van der Waals surface area contributed by atoms with Gasteiger partial charge in [-0.3, -0.25) is 10.1 Å². The van der Waals surface area contributed by atoms with E-state index < -0.39 is 20.7 Å². The number of carbonyl (C=O) groups excluding carboxylic acids is 1. The van der Waals surface area contributed by atoms with Crippen molar-refractivity contribution in [1.82, 2.24) is 0 Å². The molecule has 28 heavy (non-hydrogen) atoms. The van der Waals surface area contributed by atoms with Gasteiger partial charge in [0.2, 0.25) is 0 Å². The predicted molar refractivity (Wildman–Crippen MR) is 96.7 cm³/mol. The normalized spacial score (nSPS) is 13.3. The summed E-state index contributed by atoms with van der Waals surface area (Å²) in [6.45, 7) is 1.27. The highest BCUT2D eigenvalue weighted by atomic mass is 32.2. The number of ether oxygens (including phenoxy) is 3. The van der Waals surface area contributed by atoms with Crippen molar-refractivity contribution in [3.63, 3.8) is 0 Å². The van der Waals surface area contributed by atoms with Crippen molar-refractivity contribution in [2.45, 2.75) is 25.0 Å². The fourth-order valence-corrected chi connectivity index (χ4v) is 3.86. The van der Waals surface area contributed by atoms with E-state index in [0.29, 0.717) is 16.9 Å². The quantitative estimate of drug-likeness (QED) is 0.407. The first-order valence-corrected chi connectivity index (χ1v) is 9.98. The molecule has 0 amide bonds. The molecule has 9 nitrogen and oxygen atoms in total. The number of hydrogen-bond donors (Lipinski definition) is 0. The van der Waals surface area contributed by atoms with Crippen LogP contribution in [0.4, 0.5) is 5.69 Å². The minimum atomic E-state index is -3.62. The van der Waals surface area contributed by atoms with Crippen LogP contribution in [0.1, 0.15) is 28.4 Å². The Hall–Kier alpha value is -2.98. The third-order valence-corrected chi connectivity index (χ3v) is 5.95. The number of sulfone groups is 1. The van der Waals surface area contributed by atoms with Crippen LogP contribution in [0.5, 0.6) is 5.75 Å². The molecule has 0 spiro atoms. The summed E-state index contributed by atoms with van der Waals surface area (Å²) in [5.74, 6) is -0.650. The second kappa shape index (κ2) is 7.95. The number of rotatable bonds is 6. The Morgan fingerprint density at radius 2 is 2.04 bits per heavy atom. The van der Waals surface area contributed by atoms with Crippen LogP contribution in [-0.2, 0) is 32.5 Å². The van der Waals surface area contributed by atoms with E-state index in [4.69, 9.17) is 14.2 Å². The molecular formula is C18H17NO8S. The Morgan fingerprint density at radius 3 is 2.75 bits per heavy atom. The zero-order valence-electron chi connectivity index (χ0n) is 14.9. The molecule has 0 aliphatic carbocycles. The van der Waals surface area contributed by atoms with Crippen molar-refractivity contribution in [2.24, 2.45) is 0 Å². The van der Waals surface area contributed by atoms with Gasteiger partial charge in [-0.05, 0) is 12.1 Å². The van der Waals surface area contributed by atoms with E-state index in [1.54, 1.807) is 0 Å². The lowest BCUT2D eigenvalue weighted by molar-refractivity contribution is -0.385. The first-order valence-electron chi connectivity index (χ1n) is 8.33. The molecule has 10 heteroatoms. The highest BCUT2D eigenvalue weighted by Crippen LogP contribution is 2.33. The van der Waals surface area contributed by atoms with Crippen LogP contribution >= 0.6 is 0 Å². The lowest BCUT2D eigenvalue weighted by Gasteiger charge is -2.20. The molecule has 2 aromatic carbocycles. The van der Waals surface area contributed by atoms with Gasteiger partial charge in [0, 0.05) is 23.3 Å². The lowest BCUT2D eigenvalue weighted by atomic mass is 10.1. The number of nitrogens with zero attached hydrogens (tertiary/aromatic N) is 1. The SMILES string of the molecule is CCS(=O)(=O)c1ccccc1C(=O)OCc1cc([N+](=O)[O-])cc2c1OCOC2. The van der Waals surface area contributed by atoms with Crippen LogP contribution in [0.3, 0.4) is 0 Å². The van der Waals surface area contributed by atoms with Gasteiger partial charge >= 0.3 is 5.97 Å². The van der Waals surface area contributed by atoms with Crippen molar-refractivity contribution in [3.8, 4) is 5.75 Å². The van der Waals surface area contributed by atoms with Crippen LogP contribution in [-0.4, -0.2) is 31.9 Å². The van der Waals surface area contributed by atoms with Gasteiger partial charge in [0.15, 0.2) is 16.6 Å². The molecule has 0 atom stereocenters. The topological polar surface area (TPSA) is 122 Å². The summed E-state index contributed by atoms with van der Waals surface area (Å²) in [5.41, 5.74) is 0.498. The Bertz CT molecular complexity index is 1030. The monoisotopic (exact) mass is 407 g/mol. The number of nitro groups is 1. The van der Waals surface area contributed by atoms with Crippen molar-refractivity contribution >= 4 is 21.5 Å². The summed E-state index contributed by atoms with van der Waals surface area (Å²) < 4.78 is 40.2. The minimum Gasteiger partial charge on any atom is -0.467 e. The number of benzene rings is 2. The van der Waals surface area contributed by atoms with Crippen molar-refractivity contribution < 1.29 is 32.3 Å². The van der Waals surface area contributed by atoms with Crippen molar-refractivity contribution in [2.75, 3.05) is 12.5 Å². The number of esters is 1. The third kappa shape index (κ3) is 3.97. The van der Waals surface area contributed by atoms with Crippen LogP contribution in [0.2, 0.25) is 0 Å². The summed E-state index contributed by atoms with van der Waals surface area (Å²) in [4.78, 5) is 23.0. The Labute approximate surface area is 160 Å². The first kappa shape index (κ1) is 19.8. The van der Waals surface area contributed by atoms with Gasteiger partial charge in [0.1, 0.15) is 12.4 Å². The second-order valence-corrected chi connectivity index (χ2v) is 8.18. The minimum absolute atomic E-state index is 0.0245. The number of fused-ring (bicyclic) bond motifs is 1. The first-order chi connectivity index (χ1) is 13.3. The fourth-order valence-electron chi connectivity index (χ4n) is 2.78. The molecule has 0 saturated carbocycles. The Balaban J connectivity index is 1.89. The van der Waals surface area contributed by atoms with E-state index in [2.05, 4.69) is 0 Å². The highest BCUT2D eigenvalue weighted by molar-refractivity contribution is 7.91. The molecule has 148 valence electrons. The maximum absolute atomic E-state index is 12.5. The molecule has 0 saturated heterocycles. The largest absolute Gasteiger partial charge is 0.467 e. The number of carbonyl (C=O) groups is 1. The number of non-ortho nitro benzene ring substituents is 1. The summed E-state index contributed by atoms with van der Waals surface area (Å²) >= 11 is 0. The van der Waals surface area contributed by atoms with Crippen LogP contribution in [0.15, 0.2) is 41.3 Å². The summed E-state index contributed by atoms with van der Waals surface area (Å²) in [5, 5.41) is 11.1. The Morgan fingerprint density at radius 1 is 1.29 bits per heavy atom. The van der Waals surface area contributed by atoms with Crippen LogP contribution < -0.4 is 4.74 Å². The molecule has 0 aromatic heterocycles. The smallest absolute Gasteiger partial charge is 0.339 e. The average Bonchev–Trinajstić information content (AvgIpc) is 2.71. The molecule has 0 radical (unpaired) electrons. The zero-order valence-corrected chi connectivity index (χ0v) is 15.7. The van der Waals surface area contributed by atoms with Gasteiger partial charge in [-0.15, -0.1) is 0 Å². The van der Waals surface area contributed by atoms with E-state index in [1.165, 1.54) is 43.3 Å². The van der Waals surface area contributed by atoms with Gasteiger partial charge in [-0.2, -0.15) is 0 Å². The molecule has 0 fully saturated rings. The average molecular weight is 407 g/mol. The molecule has 0 unspecified atom stereocenters. The molecule has 0 N–H and O–H groups in total. The van der Waals surface area contributed by atoms with E-state index in [1.807, 2.05) is 0 Å². The third-order valence-electron chi connectivity index (χ3n) is 4.16. The van der Waals surface area contributed by atoms with E-state index >= 15 is 0 Å². The zero-order chi connectivity index (χ0) is 20.3. The van der Waals surface area contributed by atoms with Crippen LogP contribution in [0.25, 0.3) is 0 Å². The van der Waals surface area contributed by atoms with Crippen LogP contribution in [0, 0.1) is 10.1 Å². The Kier molecular flexibility index (Phi) is 5.61. The number of hydrogen-bond acceptors (Lipinski definition) is 8. The fraction of sp³-hybridized carbons (Fsp3) is 0.278. The maximum atomic E-state index is 12.5. The van der Waals surface area contributed by atoms with Crippen molar-refractivity contribution in [1.29, 1.82) is 0 Å². The van der Waals surface area contributed by atoms with Gasteiger partial charge < -0.3 is 14.2 Å². The van der Waals surface area contributed by atoms with Gasteiger partial charge in [-0.25, -0.2) is 13.2 Å². The van der Waals surface area contributed by atoms with E-state index in [9.17, 15) is 23.3 Å². The summed E-state index contributed by atoms with van der Waals surface area (Å²) in [6.07, 6.45) is 0. The van der Waals surface area contributed by atoms with E-state index in [0.717, 1.165) is 0 Å². The molecule has 1 aliphatic heterocycles. The molecule has 3 rings (SSSR count). The second-order valence-electron chi connectivity index (χ2n) is 5.94.